The minimum absolute atomic E-state index is 0.300. The average Bonchev–Trinajstić information content (AvgIpc) is 2.76. The van der Waals surface area contributed by atoms with Gasteiger partial charge in [0.1, 0.15) is 0 Å². The summed E-state index contributed by atoms with van der Waals surface area (Å²) in [6.45, 7) is 2.17. The van der Waals surface area contributed by atoms with E-state index >= 15 is 0 Å². The lowest BCUT2D eigenvalue weighted by molar-refractivity contribution is 0.276. The van der Waals surface area contributed by atoms with Crippen molar-refractivity contribution in [2.24, 2.45) is 0 Å². The maximum Gasteiger partial charge on any atom is 0.0251 e. The van der Waals surface area contributed by atoms with Crippen molar-refractivity contribution in [3.63, 3.8) is 0 Å². The summed E-state index contributed by atoms with van der Waals surface area (Å²) in [6, 6.07) is 13.1. The molecule has 3 rings (SSSR count). The third-order valence-corrected chi connectivity index (χ3v) is 4.83. The second-order valence-electron chi connectivity index (χ2n) is 4.65. The number of thiophene rings is 1. The fourth-order valence-corrected chi connectivity index (χ4v) is 3.67. The molecule has 1 aliphatic heterocycles. The maximum atomic E-state index is 3.57. The van der Waals surface area contributed by atoms with Crippen molar-refractivity contribution in [1.82, 2.24) is 5.32 Å². The van der Waals surface area contributed by atoms with Crippen LogP contribution in [0, 0.1) is 0 Å². The molecular weight excluding hydrogens is 294 g/mol. The molecule has 0 spiro atoms. The zero-order valence-electron chi connectivity index (χ0n) is 9.45. The van der Waals surface area contributed by atoms with Gasteiger partial charge in [-0.2, -0.15) is 0 Å². The smallest absolute Gasteiger partial charge is 0.0251 e. The van der Waals surface area contributed by atoms with Crippen LogP contribution in [0.3, 0.4) is 0 Å². The molecule has 1 aliphatic rings. The molecule has 0 bridgehead atoms. The Morgan fingerprint density at radius 1 is 1.24 bits per heavy atom. The van der Waals surface area contributed by atoms with Crippen molar-refractivity contribution in [1.29, 1.82) is 0 Å². The highest BCUT2D eigenvalue weighted by Crippen LogP contribution is 2.34. The first-order valence-electron chi connectivity index (χ1n) is 5.78. The molecule has 2 aromatic rings. The van der Waals surface area contributed by atoms with Gasteiger partial charge in [-0.05, 0) is 35.6 Å². The highest BCUT2D eigenvalue weighted by Gasteiger charge is 2.38. The highest BCUT2D eigenvalue weighted by atomic mass is 79.9. The second kappa shape index (κ2) is 4.56. The molecule has 88 valence electrons. The summed E-state index contributed by atoms with van der Waals surface area (Å²) in [5, 5.41) is 5.58. The Bertz CT molecular complexity index is 503. The van der Waals surface area contributed by atoms with Crippen LogP contribution in [-0.4, -0.2) is 13.1 Å². The fraction of sp³-hybridized carbons (Fsp3) is 0.286. The fourth-order valence-electron chi connectivity index (χ4n) is 2.42. The van der Waals surface area contributed by atoms with E-state index in [1.165, 1.54) is 14.9 Å². The average molecular weight is 308 g/mol. The lowest BCUT2D eigenvalue weighted by Crippen LogP contribution is -2.58. The summed E-state index contributed by atoms with van der Waals surface area (Å²) in [5.74, 6) is 0. The van der Waals surface area contributed by atoms with Crippen LogP contribution in [0.2, 0.25) is 0 Å². The molecule has 0 amide bonds. The van der Waals surface area contributed by atoms with E-state index in [4.69, 9.17) is 0 Å². The van der Waals surface area contributed by atoms with Crippen LogP contribution in [0.15, 0.2) is 46.3 Å². The third-order valence-electron chi connectivity index (χ3n) is 3.46. The van der Waals surface area contributed by atoms with Crippen molar-refractivity contribution in [3.8, 4) is 0 Å². The number of nitrogens with one attached hydrogen (secondary N) is 1. The van der Waals surface area contributed by atoms with Crippen LogP contribution < -0.4 is 5.32 Å². The van der Waals surface area contributed by atoms with Gasteiger partial charge in [0.25, 0.3) is 0 Å². The van der Waals surface area contributed by atoms with Crippen molar-refractivity contribution >= 4 is 27.3 Å². The quantitative estimate of drug-likeness (QED) is 0.913. The number of hydrogen-bond acceptors (Lipinski definition) is 2. The first kappa shape index (κ1) is 11.5. The van der Waals surface area contributed by atoms with Gasteiger partial charge < -0.3 is 5.32 Å². The molecule has 1 nitrogen and oxygen atoms in total. The van der Waals surface area contributed by atoms with E-state index < -0.39 is 0 Å². The van der Waals surface area contributed by atoms with Crippen LogP contribution in [-0.2, 0) is 11.8 Å². The van der Waals surface area contributed by atoms with E-state index in [-0.39, 0.29) is 0 Å². The number of benzene rings is 1. The Labute approximate surface area is 114 Å². The second-order valence-corrected chi connectivity index (χ2v) is 6.60. The normalized spacial score (nSPS) is 17.7. The Balaban J connectivity index is 1.92. The van der Waals surface area contributed by atoms with Gasteiger partial charge in [0.15, 0.2) is 0 Å². The zero-order valence-corrected chi connectivity index (χ0v) is 11.9. The molecule has 1 aromatic carbocycles. The van der Waals surface area contributed by atoms with Gasteiger partial charge in [0.2, 0.25) is 0 Å². The predicted octanol–water partition coefficient (Wildman–Crippen LogP) is 3.59. The Kier molecular flexibility index (Phi) is 3.07. The van der Waals surface area contributed by atoms with E-state index in [0.717, 1.165) is 19.5 Å². The molecule has 17 heavy (non-hydrogen) atoms. The molecule has 0 unspecified atom stereocenters. The molecular formula is C14H14BrNS. The summed E-state index contributed by atoms with van der Waals surface area (Å²) in [6.07, 6.45) is 1.15. The summed E-state index contributed by atoms with van der Waals surface area (Å²) >= 11 is 5.43. The maximum absolute atomic E-state index is 3.57. The molecule has 3 heteroatoms. The minimum atomic E-state index is 0.300. The van der Waals surface area contributed by atoms with Gasteiger partial charge in [-0.15, -0.1) is 11.3 Å². The third kappa shape index (κ3) is 2.19. The molecule has 0 aliphatic carbocycles. The van der Waals surface area contributed by atoms with Crippen molar-refractivity contribution in [2.75, 3.05) is 13.1 Å². The number of halogens is 1. The molecule has 1 N–H and O–H groups in total. The van der Waals surface area contributed by atoms with Crippen LogP contribution in [0.25, 0.3) is 0 Å². The SMILES string of the molecule is Brc1cccc(C2(Cc3cccs3)CNC2)c1. The zero-order chi connectivity index (χ0) is 11.7. The van der Waals surface area contributed by atoms with Gasteiger partial charge in [-0.3, -0.25) is 0 Å². The molecule has 0 saturated carbocycles. The Hall–Kier alpha value is -0.640. The van der Waals surface area contributed by atoms with E-state index in [1.807, 2.05) is 11.3 Å². The largest absolute Gasteiger partial charge is 0.315 e. The monoisotopic (exact) mass is 307 g/mol. The minimum Gasteiger partial charge on any atom is -0.315 e. The van der Waals surface area contributed by atoms with E-state index in [9.17, 15) is 0 Å². The van der Waals surface area contributed by atoms with E-state index in [0.29, 0.717) is 5.41 Å². The summed E-state index contributed by atoms with van der Waals surface area (Å²) in [7, 11) is 0. The van der Waals surface area contributed by atoms with Gasteiger partial charge in [-0.25, -0.2) is 0 Å². The van der Waals surface area contributed by atoms with Crippen LogP contribution >= 0.6 is 27.3 Å². The van der Waals surface area contributed by atoms with Gasteiger partial charge in [-0.1, -0.05) is 34.1 Å². The first-order chi connectivity index (χ1) is 8.28. The standard InChI is InChI=1S/C14H14BrNS/c15-12-4-1-3-11(7-12)14(9-16-10-14)8-13-5-2-6-17-13/h1-7,16H,8-10H2. The van der Waals surface area contributed by atoms with Crippen LogP contribution in [0.5, 0.6) is 0 Å². The van der Waals surface area contributed by atoms with Gasteiger partial charge in [0, 0.05) is 27.9 Å². The molecule has 0 radical (unpaired) electrons. The molecule has 1 fully saturated rings. The van der Waals surface area contributed by atoms with E-state index in [1.54, 1.807) is 0 Å². The lowest BCUT2D eigenvalue weighted by Gasteiger charge is -2.43. The molecule has 0 atom stereocenters. The Morgan fingerprint density at radius 3 is 2.71 bits per heavy atom. The summed E-state index contributed by atoms with van der Waals surface area (Å²) < 4.78 is 1.17. The first-order valence-corrected chi connectivity index (χ1v) is 7.45. The molecule has 1 aromatic heterocycles. The lowest BCUT2D eigenvalue weighted by atomic mass is 9.72. The van der Waals surface area contributed by atoms with Crippen molar-refractivity contribution in [2.45, 2.75) is 11.8 Å². The molecule has 1 saturated heterocycles. The van der Waals surface area contributed by atoms with Crippen molar-refractivity contribution in [3.05, 3.63) is 56.7 Å². The Morgan fingerprint density at radius 2 is 2.12 bits per heavy atom. The highest BCUT2D eigenvalue weighted by molar-refractivity contribution is 9.10. The number of hydrogen-bond donors (Lipinski definition) is 1. The summed E-state index contributed by atoms with van der Waals surface area (Å²) in [5.41, 5.74) is 1.74. The van der Waals surface area contributed by atoms with Gasteiger partial charge in [0.05, 0.1) is 0 Å². The van der Waals surface area contributed by atoms with Crippen molar-refractivity contribution < 1.29 is 0 Å². The van der Waals surface area contributed by atoms with Crippen LogP contribution in [0.4, 0.5) is 0 Å². The van der Waals surface area contributed by atoms with Crippen LogP contribution in [0.1, 0.15) is 10.4 Å². The topological polar surface area (TPSA) is 12.0 Å². The van der Waals surface area contributed by atoms with Gasteiger partial charge >= 0.3 is 0 Å². The number of rotatable bonds is 3. The van der Waals surface area contributed by atoms with E-state index in [2.05, 4.69) is 63.0 Å². The summed E-state index contributed by atoms with van der Waals surface area (Å²) in [4.78, 5) is 1.48. The molecule has 2 heterocycles. The predicted molar refractivity (Wildman–Crippen MR) is 76.7 cm³/mol.